The molecule has 0 saturated carbocycles. The quantitative estimate of drug-likeness (QED) is 0.818. The number of ether oxygens (including phenoxy) is 1. The molecule has 14 heavy (non-hydrogen) atoms. The van der Waals surface area contributed by atoms with Crippen molar-refractivity contribution in [1.29, 1.82) is 0 Å². The largest absolute Gasteiger partial charge is 0.496 e. The Balaban J connectivity index is 3.19. The van der Waals surface area contributed by atoms with Gasteiger partial charge in [0.2, 0.25) is 0 Å². The maximum atomic E-state index is 12.8. The molecule has 0 aromatic heterocycles. The van der Waals surface area contributed by atoms with Crippen LogP contribution in [-0.2, 0) is 0 Å². The van der Waals surface area contributed by atoms with E-state index in [2.05, 4.69) is 0 Å². The van der Waals surface area contributed by atoms with E-state index >= 15 is 0 Å². The van der Waals surface area contributed by atoms with Gasteiger partial charge in [-0.15, -0.1) is 0 Å². The van der Waals surface area contributed by atoms with E-state index in [4.69, 9.17) is 10.5 Å². The van der Waals surface area contributed by atoms with E-state index in [1.165, 1.54) is 7.11 Å². The lowest BCUT2D eigenvalue weighted by molar-refractivity contribution is 0.381. The molecule has 0 amide bonds. The molecule has 0 aliphatic heterocycles. The van der Waals surface area contributed by atoms with Gasteiger partial charge in [-0.1, -0.05) is 0 Å². The highest BCUT2D eigenvalue weighted by atomic mass is 19.2. The van der Waals surface area contributed by atoms with Crippen molar-refractivity contribution in [2.24, 2.45) is 5.73 Å². The van der Waals surface area contributed by atoms with Crippen LogP contribution in [0.4, 0.5) is 13.2 Å². The fraction of sp³-hybridized carbons (Fsp3) is 0.333. The first-order valence-corrected chi connectivity index (χ1v) is 3.94. The van der Waals surface area contributed by atoms with Gasteiger partial charge in [0.15, 0.2) is 11.6 Å². The highest BCUT2D eigenvalue weighted by molar-refractivity contribution is 5.37. The standard InChI is InChI=1S/C9H10F3NO/c1-14-9-3-7(12)6(11)2-5(9)8(13)4-10/h2-3,8H,4,13H2,1H3/t8-/m0/s1. The summed E-state index contributed by atoms with van der Waals surface area (Å²) in [5.74, 6) is -2.06. The molecule has 0 aliphatic rings. The van der Waals surface area contributed by atoms with Crippen molar-refractivity contribution in [2.45, 2.75) is 6.04 Å². The zero-order chi connectivity index (χ0) is 10.7. The number of rotatable bonds is 3. The molecule has 0 radical (unpaired) electrons. The molecule has 0 heterocycles. The second-order valence-corrected chi connectivity index (χ2v) is 2.77. The van der Waals surface area contributed by atoms with E-state index in [0.717, 1.165) is 12.1 Å². The normalized spacial score (nSPS) is 12.6. The van der Waals surface area contributed by atoms with Crippen molar-refractivity contribution in [3.63, 3.8) is 0 Å². The summed E-state index contributed by atoms with van der Waals surface area (Å²) in [5.41, 5.74) is 5.46. The molecule has 1 rings (SSSR count). The van der Waals surface area contributed by atoms with Gasteiger partial charge in [-0.3, -0.25) is 0 Å². The summed E-state index contributed by atoms with van der Waals surface area (Å²) in [6.07, 6.45) is 0. The van der Waals surface area contributed by atoms with Crippen LogP contribution in [0.5, 0.6) is 5.75 Å². The Hall–Kier alpha value is -1.23. The summed E-state index contributed by atoms with van der Waals surface area (Å²) in [4.78, 5) is 0. The summed E-state index contributed by atoms with van der Waals surface area (Å²) in [6.45, 7) is -0.860. The van der Waals surface area contributed by atoms with Crippen molar-refractivity contribution < 1.29 is 17.9 Å². The zero-order valence-electron chi connectivity index (χ0n) is 7.56. The van der Waals surface area contributed by atoms with Crippen LogP contribution in [0.2, 0.25) is 0 Å². The Bertz CT molecular complexity index is 330. The maximum absolute atomic E-state index is 12.8. The van der Waals surface area contributed by atoms with Crippen molar-refractivity contribution in [2.75, 3.05) is 13.8 Å². The summed E-state index contributed by atoms with van der Waals surface area (Å²) in [7, 11) is 1.28. The fourth-order valence-electron chi connectivity index (χ4n) is 1.09. The molecule has 0 unspecified atom stereocenters. The fourth-order valence-corrected chi connectivity index (χ4v) is 1.09. The highest BCUT2D eigenvalue weighted by Crippen LogP contribution is 2.26. The molecule has 1 aromatic rings. The number of nitrogens with two attached hydrogens (primary N) is 1. The summed E-state index contributed by atoms with van der Waals surface area (Å²) >= 11 is 0. The Morgan fingerprint density at radius 2 is 1.93 bits per heavy atom. The summed E-state index contributed by atoms with van der Waals surface area (Å²) in [5, 5.41) is 0. The van der Waals surface area contributed by atoms with E-state index < -0.39 is 24.4 Å². The maximum Gasteiger partial charge on any atom is 0.162 e. The Kier molecular flexibility index (Phi) is 3.35. The van der Waals surface area contributed by atoms with Crippen molar-refractivity contribution in [3.05, 3.63) is 29.3 Å². The third kappa shape index (κ3) is 1.98. The Morgan fingerprint density at radius 1 is 1.36 bits per heavy atom. The Labute approximate surface area is 79.5 Å². The number of benzene rings is 1. The van der Waals surface area contributed by atoms with Gasteiger partial charge in [0.05, 0.1) is 13.2 Å². The van der Waals surface area contributed by atoms with Gasteiger partial charge in [0.1, 0.15) is 12.4 Å². The minimum atomic E-state index is -1.07. The van der Waals surface area contributed by atoms with E-state index in [0.29, 0.717) is 0 Å². The van der Waals surface area contributed by atoms with Crippen LogP contribution < -0.4 is 10.5 Å². The van der Waals surface area contributed by atoms with E-state index in [-0.39, 0.29) is 11.3 Å². The van der Waals surface area contributed by atoms with Crippen molar-refractivity contribution >= 4 is 0 Å². The third-order valence-corrected chi connectivity index (χ3v) is 1.84. The number of halogens is 3. The smallest absolute Gasteiger partial charge is 0.162 e. The number of hydrogen-bond donors (Lipinski definition) is 1. The molecule has 0 bridgehead atoms. The van der Waals surface area contributed by atoms with E-state index in [1.54, 1.807) is 0 Å². The molecular formula is C9H10F3NO. The van der Waals surface area contributed by atoms with E-state index in [9.17, 15) is 13.2 Å². The monoisotopic (exact) mass is 205 g/mol. The minimum Gasteiger partial charge on any atom is -0.496 e. The predicted octanol–water partition coefficient (Wildman–Crippen LogP) is 1.94. The van der Waals surface area contributed by atoms with Crippen LogP contribution in [0.15, 0.2) is 12.1 Å². The summed E-state index contributed by atoms with van der Waals surface area (Å²) < 4.78 is 42.5. The van der Waals surface area contributed by atoms with Crippen LogP contribution in [-0.4, -0.2) is 13.8 Å². The average molecular weight is 205 g/mol. The third-order valence-electron chi connectivity index (χ3n) is 1.84. The van der Waals surface area contributed by atoms with Crippen LogP contribution >= 0.6 is 0 Å². The Morgan fingerprint density at radius 3 is 2.43 bits per heavy atom. The van der Waals surface area contributed by atoms with Gasteiger partial charge < -0.3 is 10.5 Å². The molecule has 2 N–H and O–H groups in total. The minimum absolute atomic E-state index is 0.0500. The summed E-state index contributed by atoms with van der Waals surface area (Å²) in [6, 6.07) is 0.693. The lowest BCUT2D eigenvalue weighted by Crippen LogP contribution is -2.14. The first kappa shape index (κ1) is 10.8. The van der Waals surface area contributed by atoms with Gasteiger partial charge in [-0.05, 0) is 6.07 Å². The molecule has 2 nitrogen and oxygen atoms in total. The average Bonchev–Trinajstić information content (AvgIpc) is 2.20. The molecule has 0 spiro atoms. The van der Waals surface area contributed by atoms with Gasteiger partial charge in [0.25, 0.3) is 0 Å². The lowest BCUT2D eigenvalue weighted by Gasteiger charge is -2.12. The van der Waals surface area contributed by atoms with Gasteiger partial charge in [-0.25, -0.2) is 13.2 Å². The van der Waals surface area contributed by atoms with Crippen LogP contribution in [0.1, 0.15) is 11.6 Å². The van der Waals surface area contributed by atoms with Crippen LogP contribution in [0.25, 0.3) is 0 Å². The van der Waals surface area contributed by atoms with Crippen LogP contribution in [0.3, 0.4) is 0 Å². The topological polar surface area (TPSA) is 35.2 Å². The predicted molar refractivity (Wildman–Crippen MR) is 45.8 cm³/mol. The van der Waals surface area contributed by atoms with Crippen LogP contribution in [0, 0.1) is 11.6 Å². The zero-order valence-corrected chi connectivity index (χ0v) is 7.56. The molecule has 1 aromatic carbocycles. The van der Waals surface area contributed by atoms with Gasteiger partial charge >= 0.3 is 0 Å². The molecule has 5 heteroatoms. The number of methoxy groups -OCH3 is 1. The molecule has 0 aliphatic carbocycles. The van der Waals surface area contributed by atoms with Crippen molar-refractivity contribution in [1.82, 2.24) is 0 Å². The SMILES string of the molecule is COc1cc(F)c(F)cc1[C@@H](N)CF. The molecule has 1 atom stereocenters. The van der Waals surface area contributed by atoms with Gasteiger partial charge in [-0.2, -0.15) is 0 Å². The molecule has 0 fully saturated rings. The molecular weight excluding hydrogens is 195 g/mol. The lowest BCUT2D eigenvalue weighted by atomic mass is 10.1. The molecule has 0 saturated heterocycles. The first-order valence-electron chi connectivity index (χ1n) is 3.94. The first-order chi connectivity index (χ1) is 6.60. The second kappa shape index (κ2) is 4.32. The highest BCUT2D eigenvalue weighted by Gasteiger charge is 2.15. The van der Waals surface area contributed by atoms with E-state index in [1.807, 2.05) is 0 Å². The molecule has 78 valence electrons. The second-order valence-electron chi connectivity index (χ2n) is 2.77. The van der Waals surface area contributed by atoms with Gasteiger partial charge in [0, 0.05) is 11.6 Å². The number of alkyl halides is 1. The van der Waals surface area contributed by atoms with Crippen molar-refractivity contribution in [3.8, 4) is 5.75 Å². The number of hydrogen-bond acceptors (Lipinski definition) is 2.